The summed E-state index contributed by atoms with van der Waals surface area (Å²) in [7, 11) is 0. The Morgan fingerprint density at radius 2 is 1.10 bits per heavy atom. The van der Waals surface area contributed by atoms with Crippen LogP contribution in [0.5, 0.6) is 0 Å². The standard InChI is InChI=1S/C22H20Cl2N4Se/c23-19-5-1-17(2-6-19)21(13-27-11-9-25-15-27)29-22(14-28-12-10-26-16-28)18-3-7-20(24)8-4-18/h1-12,15-16,21-22H,13-14H2. The van der Waals surface area contributed by atoms with Crippen LogP contribution in [0, 0.1) is 0 Å². The zero-order chi connectivity index (χ0) is 20.1. The van der Waals surface area contributed by atoms with Gasteiger partial charge in [0.25, 0.3) is 0 Å². The number of hydrogen-bond donors (Lipinski definition) is 0. The van der Waals surface area contributed by atoms with Crippen LogP contribution in [-0.2, 0) is 13.1 Å². The topological polar surface area (TPSA) is 35.6 Å². The summed E-state index contributed by atoms with van der Waals surface area (Å²) < 4.78 is 4.30. The van der Waals surface area contributed by atoms with E-state index in [0.29, 0.717) is 9.63 Å². The van der Waals surface area contributed by atoms with E-state index in [1.807, 2.05) is 61.7 Å². The van der Waals surface area contributed by atoms with E-state index in [4.69, 9.17) is 23.2 Å². The number of nitrogens with zero attached hydrogens (tertiary/aromatic N) is 4. The van der Waals surface area contributed by atoms with Gasteiger partial charge in [0.05, 0.1) is 0 Å². The molecule has 0 aliphatic rings. The SMILES string of the molecule is Clc1ccc(C(Cn2ccnc2)[Se]C(Cn2ccnc2)c2ccc(Cl)cc2)cc1. The first-order valence-corrected chi connectivity index (χ1v) is 12.0. The van der Waals surface area contributed by atoms with E-state index in [-0.39, 0.29) is 15.0 Å². The Morgan fingerprint density at radius 1 is 0.690 bits per heavy atom. The van der Waals surface area contributed by atoms with Crippen LogP contribution < -0.4 is 0 Å². The predicted molar refractivity (Wildman–Crippen MR) is 119 cm³/mol. The third-order valence-electron chi connectivity index (χ3n) is 4.68. The third-order valence-corrected chi connectivity index (χ3v) is 8.33. The van der Waals surface area contributed by atoms with Gasteiger partial charge in [-0.25, -0.2) is 0 Å². The fraction of sp³-hybridized carbons (Fsp3) is 0.182. The Bertz CT molecular complexity index is 916. The Hall–Kier alpha value is -2.04. The molecule has 0 amide bonds. The van der Waals surface area contributed by atoms with Crippen LogP contribution in [0.1, 0.15) is 20.8 Å². The first-order valence-electron chi connectivity index (χ1n) is 9.25. The molecule has 4 rings (SSSR count). The summed E-state index contributed by atoms with van der Waals surface area (Å²) in [5.74, 6) is 0. The van der Waals surface area contributed by atoms with Crippen molar-refractivity contribution in [3.63, 3.8) is 0 Å². The van der Waals surface area contributed by atoms with Gasteiger partial charge >= 0.3 is 187 Å². The van der Waals surface area contributed by atoms with Crippen molar-refractivity contribution in [2.75, 3.05) is 0 Å². The van der Waals surface area contributed by atoms with Crippen molar-refractivity contribution in [1.82, 2.24) is 19.1 Å². The van der Waals surface area contributed by atoms with Gasteiger partial charge in [0.15, 0.2) is 0 Å². The number of hydrogen-bond acceptors (Lipinski definition) is 2. The van der Waals surface area contributed by atoms with E-state index in [1.54, 1.807) is 0 Å². The van der Waals surface area contributed by atoms with Gasteiger partial charge in [-0.3, -0.25) is 0 Å². The number of imidazole rings is 2. The predicted octanol–water partition coefficient (Wildman–Crippen LogP) is 5.27. The molecule has 148 valence electrons. The van der Waals surface area contributed by atoms with Gasteiger partial charge in [-0.1, -0.05) is 0 Å². The number of rotatable bonds is 8. The summed E-state index contributed by atoms with van der Waals surface area (Å²) in [5, 5.41) is 1.52. The molecule has 0 aliphatic heterocycles. The molecule has 0 aliphatic carbocycles. The average Bonchev–Trinajstić information content (AvgIpc) is 3.42. The van der Waals surface area contributed by atoms with Crippen LogP contribution in [0.3, 0.4) is 0 Å². The maximum absolute atomic E-state index is 6.14. The van der Waals surface area contributed by atoms with E-state index in [9.17, 15) is 0 Å². The van der Waals surface area contributed by atoms with Gasteiger partial charge < -0.3 is 0 Å². The molecule has 29 heavy (non-hydrogen) atoms. The van der Waals surface area contributed by atoms with Crippen molar-refractivity contribution in [3.05, 3.63) is 107 Å². The first-order chi connectivity index (χ1) is 14.2. The molecule has 4 aromatic rings. The van der Waals surface area contributed by atoms with Gasteiger partial charge in [-0.15, -0.1) is 0 Å². The zero-order valence-electron chi connectivity index (χ0n) is 15.6. The fourth-order valence-electron chi connectivity index (χ4n) is 3.18. The Kier molecular flexibility index (Phi) is 6.73. The Balaban J connectivity index is 1.64. The molecule has 2 unspecified atom stereocenters. The molecule has 2 atom stereocenters. The molecule has 0 saturated heterocycles. The number of halogens is 2. The second kappa shape index (κ2) is 9.64. The minimum absolute atomic E-state index is 0.260. The van der Waals surface area contributed by atoms with E-state index in [0.717, 1.165) is 23.1 Å². The summed E-state index contributed by atoms with van der Waals surface area (Å²) in [4.78, 5) is 9.17. The van der Waals surface area contributed by atoms with Crippen LogP contribution in [0.15, 0.2) is 86.0 Å². The molecule has 0 N–H and O–H groups in total. The normalized spacial score (nSPS) is 13.3. The summed E-state index contributed by atoms with van der Waals surface area (Å²) in [6.45, 7) is 1.77. The first kappa shape index (κ1) is 20.2. The molecule has 0 radical (unpaired) electrons. The molecule has 2 aromatic heterocycles. The van der Waals surface area contributed by atoms with E-state index in [1.165, 1.54) is 11.1 Å². The fourth-order valence-corrected chi connectivity index (χ4v) is 6.67. The zero-order valence-corrected chi connectivity index (χ0v) is 18.8. The van der Waals surface area contributed by atoms with E-state index >= 15 is 0 Å². The van der Waals surface area contributed by atoms with Crippen molar-refractivity contribution in [2.45, 2.75) is 22.7 Å². The second-order valence-corrected chi connectivity index (χ2v) is 10.6. The van der Waals surface area contributed by atoms with Gasteiger partial charge in [-0.05, 0) is 0 Å². The van der Waals surface area contributed by atoms with E-state index in [2.05, 4.69) is 43.4 Å². The van der Waals surface area contributed by atoms with E-state index < -0.39 is 0 Å². The minimum atomic E-state index is 0.260. The summed E-state index contributed by atoms with van der Waals surface area (Å²) in [6, 6.07) is 16.5. The van der Waals surface area contributed by atoms with Crippen molar-refractivity contribution in [3.8, 4) is 0 Å². The quantitative estimate of drug-likeness (QED) is 0.316. The number of aromatic nitrogens is 4. The Labute approximate surface area is 186 Å². The van der Waals surface area contributed by atoms with Crippen LogP contribution >= 0.6 is 23.2 Å². The molecule has 2 aromatic carbocycles. The molecule has 7 heteroatoms. The summed E-state index contributed by atoms with van der Waals surface area (Å²) in [5.41, 5.74) is 2.60. The average molecular weight is 490 g/mol. The van der Waals surface area contributed by atoms with Crippen molar-refractivity contribution in [1.29, 1.82) is 0 Å². The van der Waals surface area contributed by atoms with Crippen LogP contribution in [0.2, 0.25) is 10.0 Å². The second-order valence-electron chi connectivity index (χ2n) is 6.74. The molecule has 0 bridgehead atoms. The van der Waals surface area contributed by atoms with Gasteiger partial charge in [0.2, 0.25) is 0 Å². The van der Waals surface area contributed by atoms with Crippen LogP contribution in [-0.4, -0.2) is 34.1 Å². The van der Waals surface area contributed by atoms with Gasteiger partial charge in [0, 0.05) is 0 Å². The molecule has 4 nitrogen and oxygen atoms in total. The van der Waals surface area contributed by atoms with Gasteiger partial charge in [0.1, 0.15) is 0 Å². The van der Waals surface area contributed by atoms with Crippen molar-refractivity contribution < 1.29 is 0 Å². The molecule has 2 heterocycles. The summed E-state index contributed by atoms with van der Waals surface area (Å²) in [6.07, 6.45) is 11.5. The third kappa shape index (κ3) is 5.52. The molecular formula is C22H20Cl2N4Se. The Morgan fingerprint density at radius 3 is 1.45 bits per heavy atom. The molecule has 0 fully saturated rings. The van der Waals surface area contributed by atoms with Gasteiger partial charge in [-0.2, -0.15) is 0 Å². The monoisotopic (exact) mass is 490 g/mol. The molecule has 0 saturated carbocycles. The molecular weight excluding hydrogens is 470 g/mol. The van der Waals surface area contributed by atoms with Crippen LogP contribution in [0.25, 0.3) is 0 Å². The summed E-state index contributed by atoms with van der Waals surface area (Å²) >= 11 is 12.5. The van der Waals surface area contributed by atoms with Crippen molar-refractivity contribution in [2.24, 2.45) is 0 Å². The van der Waals surface area contributed by atoms with Crippen molar-refractivity contribution >= 4 is 38.2 Å². The number of benzene rings is 2. The van der Waals surface area contributed by atoms with Crippen LogP contribution in [0.4, 0.5) is 0 Å². The molecule has 0 spiro atoms. The maximum atomic E-state index is 6.14.